The van der Waals surface area contributed by atoms with Crippen LogP contribution in [-0.4, -0.2) is 79.2 Å². The van der Waals surface area contributed by atoms with Crippen LogP contribution in [0, 0.1) is 5.82 Å². The predicted molar refractivity (Wildman–Crippen MR) is 137 cm³/mol. The van der Waals surface area contributed by atoms with E-state index in [0.29, 0.717) is 31.1 Å². The van der Waals surface area contributed by atoms with Crippen LogP contribution in [0.1, 0.15) is 65.4 Å². The van der Waals surface area contributed by atoms with Crippen LogP contribution >= 0.6 is 0 Å². The number of halogens is 1. The van der Waals surface area contributed by atoms with Crippen molar-refractivity contribution < 1.29 is 23.4 Å². The lowest BCUT2D eigenvalue weighted by atomic mass is 9.89. The van der Waals surface area contributed by atoms with Gasteiger partial charge < -0.3 is 24.4 Å². The standard InChI is InChI=1S/C27H41FN4O4/c1-5-32(19-10-8-9-18(15-19)30-26(33)36-27(2,3)4)24(21-11-6-7-12-22(21)28)31-23-16-29-25(23)35-20-13-14-34-17-20/h6-7,11-12,18-20,23,25,29H,5,8-10,13-17H2,1-4H3,(H,30,33)/t18-,19+,20-,23+,25?/m0/s1. The maximum atomic E-state index is 15.1. The molecule has 2 saturated heterocycles. The van der Waals surface area contributed by atoms with Crippen LogP contribution in [-0.2, 0) is 14.2 Å². The molecule has 1 aromatic carbocycles. The number of rotatable bonds is 7. The van der Waals surface area contributed by atoms with Gasteiger partial charge in [-0.2, -0.15) is 0 Å². The van der Waals surface area contributed by atoms with Gasteiger partial charge in [0.1, 0.15) is 29.5 Å². The molecule has 1 aromatic rings. The van der Waals surface area contributed by atoms with Crippen molar-refractivity contribution in [2.75, 3.05) is 26.3 Å². The summed E-state index contributed by atoms with van der Waals surface area (Å²) in [4.78, 5) is 19.7. The number of amidine groups is 1. The van der Waals surface area contributed by atoms with E-state index in [1.165, 1.54) is 6.07 Å². The van der Waals surface area contributed by atoms with E-state index in [2.05, 4.69) is 22.5 Å². The number of nitrogens with one attached hydrogen (secondary N) is 2. The van der Waals surface area contributed by atoms with E-state index in [1.54, 1.807) is 12.1 Å². The highest BCUT2D eigenvalue weighted by Gasteiger charge is 2.37. The summed E-state index contributed by atoms with van der Waals surface area (Å²) in [5, 5.41) is 6.36. The molecule has 0 bridgehead atoms. The van der Waals surface area contributed by atoms with Crippen molar-refractivity contribution in [3.63, 3.8) is 0 Å². The number of aliphatic imine (C=N–C) groups is 1. The van der Waals surface area contributed by atoms with Crippen LogP contribution in [0.15, 0.2) is 29.3 Å². The predicted octanol–water partition coefficient (Wildman–Crippen LogP) is 3.83. The number of hydrogen-bond acceptors (Lipinski definition) is 6. The van der Waals surface area contributed by atoms with Gasteiger partial charge in [-0.05, 0) is 71.9 Å². The first-order valence-electron chi connectivity index (χ1n) is 13.3. The van der Waals surface area contributed by atoms with Crippen LogP contribution in [0.3, 0.4) is 0 Å². The van der Waals surface area contributed by atoms with E-state index in [0.717, 1.165) is 38.7 Å². The Bertz CT molecular complexity index is 915. The highest BCUT2D eigenvalue weighted by Crippen LogP contribution is 2.27. The summed E-state index contributed by atoms with van der Waals surface area (Å²) in [5.41, 5.74) is -0.0467. The summed E-state index contributed by atoms with van der Waals surface area (Å²) >= 11 is 0. The Kier molecular flexibility index (Phi) is 8.85. The minimum atomic E-state index is -0.543. The number of hydrogen-bond donors (Lipinski definition) is 2. The lowest BCUT2D eigenvalue weighted by Gasteiger charge is -2.41. The van der Waals surface area contributed by atoms with E-state index in [4.69, 9.17) is 19.2 Å². The summed E-state index contributed by atoms with van der Waals surface area (Å²) in [6.07, 6.45) is 3.91. The first-order chi connectivity index (χ1) is 17.2. The fourth-order valence-electron chi connectivity index (χ4n) is 5.13. The van der Waals surface area contributed by atoms with Crippen LogP contribution in [0.2, 0.25) is 0 Å². The van der Waals surface area contributed by atoms with E-state index >= 15 is 4.39 Å². The third-order valence-electron chi connectivity index (χ3n) is 6.93. The van der Waals surface area contributed by atoms with Gasteiger partial charge in [0.15, 0.2) is 0 Å². The smallest absolute Gasteiger partial charge is 0.407 e. The lowest BCUT2D eigenvalue weighted by Crippen LogP contribution is -2.60. The van der Waals surface area contributed by atoms with Crippen molar-refractivity contribution >= 4 is 11.9 Å². The number of carbonyl (C=O) groups is 1. The largest absolute Gasteiger partial charge is 0.444 e. The molecule has 200 valence electrons. The summed E-state index contributed by atoms with van der Waals surface area (Å²) in [7, 11) is 0. The average molecular weight is 505 g/mol. The molecular formula is C27H41FN4O4. The Hall–Kier alpha value is -2.23. The first kappa shape index (κ1) is 26.8. The molecule has 3 fully saturated rings. The zero-order chi connectivity index (χ0) is 25.7. The maximum absolute atomic E-state index is 15.1. The third kappa shape index (κ3) is 6.95. The van der Waals surface area contributed by atoms with Gasteiger partial charge in [0.25, 0.3) is 0 Å². The van der Waals surface area contributed by atoms with Crippen molar-refractivity contribution in [1.29, 1.82) is 0 Å². The normalized spacial score (nSPS) is 28.9. The molecule has 4 rings (SSSR count). The Morgan fingerprint density at radius 3 is 2.72 bits per heavy atom. The molecule has 1 amide bonds. The highest BCUT2D eigenvalue weighted by molar-refractivity contribution is 5.99. The molecule has 9 heteroatoms. The van der Waals surface area contributed by atoms with Crippen molar-refractivity contribution in [1.82, 2.24) is 15.5 Å². The van der Waals surface area contributed by atoms with Crippen molar-refractivity contribution in [3.8, 4) is 0 Å². The minimum Gasteiger partial charge on any atom is -0.444 e. The zero-order valence-electron chi connectivity index (χ0n) is 22.0. The molecule has 3 aliphatic rings. The molecule has 2 aliphatic heterocycles. The topological polar surface area (TPSA) is 84.4 Å². The molecule has 1 saturated carbocycles. The first-order valence-corrected chi connectivity index (χ1v) is 13.3. The van der Waals surface area contributed by atoms with Gasteiger partial charge in [-0.15, -0.1) is 0 Å². The summed E-state index contributed by atoms with van der Waals surface area (Å²) < 4.78 is 32.1. The molecular weight excluding hydrogens is 463 g/mol. The van der Waals surface area contributed by atoms with Crippen molar-refractivity contribution in [2.24, 2.45) is 4.99 Å². The highest BCUT2D eigenvalue weighted by atomic mass is 19.1. The molecule has 5 atom stereocenters. The summed E-state index contributed by atoms with van der Waals surface area (Å²) in [6, 6.07) is 6.84. The Morgan fingerprint density at radius 1 is 1.28 bits per heavy atom. The van der Waals surface area contributed by atoms with Gasteiger partial charge in [0, 0.05) is 31.8 Å². The number of carbonyl (C=O) groups excluding carboxylic acids is 1. The van der Waals surface area contributed by atoms with Crippen molar-refractivity contribution in [2.45, 2.75) is 95.9 Å². The lowest BCUT2D eigenvalue weighted by molar-refractivity contribution is -0.0760. The molecule has 36 heavy (non-hydrogen) atoms. The van der Waals surface area contributed by atoms with Gasteiger partial charge in [-0.25, -0.2) is 9.18 Å². The molecule has 1 unspecified atom stereocenters. The fraction of sp³-hybridized carbons (Fsp3) is 0.704. The summed E-state index contributed by atoms with van der Waals surface area (Å²) in [6.45, 7) is 10.3. The maximum Gasteiger partial charge on any atom is 0.407 e. The molecule has 2 N–H and O–H groups in total. The van der Waals surface area contributed by atoms with Crippen molar-refractivity contribution in [3.05, 3.63) is 35.6 Å². The van der Waals surface area contributed by atoms with E-state index in [-0.39, 0.29) is 36.3 Å². The van der Waals surface area contributed by atoms with Gasteiger partial charge in [0.05, 0.1) is 18.3 Å². The van der Waals surface area contributed by atoms with Crippen LogP contribution < -0.4 is 10.6 Å². The molecule has 8 nitrogen and oxygen atoms in total. The van der Waals surface area contributed by atoms with Gasteiger partial charge in [0.2, 0.25) is 0 Å². The summed E-state index contributed by atoms with van der Waals surface area (Å²) in [5.74, 6) is 0.365. The molecule has 0 aromatic heterocycles. The second-order valence-corrected chi connectivity index (χ2v) is 10.9. The van der Waals surface area contributed by atoms with Crippen LogP contribution in [0.5, 0.6) is 0 Å². The van der Waals surface area contributed by atoms with Crippen LogP contribution in [0.4, 0.5) is 9.18 Å². The fourth-order valence-corrected chi connectivity index (χ4v) is 5.13. The van der Waals surface area contributed by atoms with E-state index in [9.17, 15) is 4.79 Å². The molecule has 0 spiro atoms. The van der Waals surface area contributed by atoms with Gasteiger partial charge >= 0.3 is 6.09 Å². The second-order valence-electron chi connectivity index (χ2n) is 10.9. The van der Waals surface area contributed by atoms with Gasteiger partial charge in [-0.3, -0.25) is 10.3 Å². The van der Waals surface area contributed by atoms with E-state index < -0.39 is 11.7 Å². The second kappa shape index (κ2) is 11.9. The monoisotopic (exact) mass is 504 g/mol. The number of benzene rings is 1. The van der Waals surface area contributed by atoms with E-state index in [1.807, 2.05) is 26.8 Å². The molecule has 2 heterocycles. The quantitative estimate of drug-likeness (QED) is 0.434. The zero-order valence-corrected chi connectivity index (χ0v) is 22.0. The minimum absolute atomic E-state index is 0.00154. The van der Waals surface area contributed by atoms with Crippen LogP contribution in [0.25, 0.3) is 0 Å². The molecule has 0 radical (unpaired) electrons. The number of alkyl carbamates (subject to hydrolysis) is 1. The molecule has 1 aliphatic carbocycles. The third-order valence-corrected chi connectivity index (χ3v) is 6.93. The van der Waals surface area contributed by atoms with Gasteiger partial charge in [-0.1, -0.05) is 12.1 Å². The SMILES string of the molecule is CCN(C(=N[C@@H]1CNC1O[C@H]1CCOC1)c1ccccc1F)[C@@H]1CCC[C@H](NC(=O)OC(C)(C)C)C1. The average Bonchev–Trinajstić information content (AvgIpc) is 3.32. The Balaban J connectivity index is 1.52. The number of ether oxygens (including phenoxy) is 3. The number of nitrogens with zero attached hydrogens (tertiary/aromatic N) is 2. The Labute approximate surface area is 214 Å². The number of amides is 1. The Morgan fingerprint density at radius 2 is 2.08 bits per heavy atom.